The van der Waals surface area contributed by atoms with Crippen LogP contribution in [0.5, 0.6) is 11.5 Å². The molecule has 174 valence electrons. The predicted molar refractivity (Wildman–Crippen MR) is 146 cm³/mol. The molecule has 6 heteroatoms. The summed E-state index contributed by atoms with van der Waals surface area (Å²) in [5.74, 6) is 1.06. The third-order valence-corrected chi connectivity index (χ3v) is 6.61. The molecule has 0 spiro atoms. The molecular formula is C29H22INO4. The van der Waals surface area contributed by atoms with Crippen LogP contribution in [0.4, 0.5) is 0 Å². The number of hydrogen-bond acceptors (Lipinski definition) is 5. The summed E-state index contributed by atoms with van der Waals surface area (Å²) < 4.78 is 18.0. The van der Waals surface area contributed by atoms with Gasteiger partial charge in [0, 0.05) is 5.56 Å². The van der Waals surface area contributed by atoms with Gasteiger partial charge >= 0.3 is 5.97 Å². The standard InChI is InChI=1S/C29H22INO4/c1-18-7-3-4-10-23(18)17-34-27-24(30)13-19(15-26(27)33-2)14-25-29(32)35-28(31-25)22-12-11-20-8-5-6-9-21(20)16-22/h3-16H,17H2,1-2H3/b25-14-. The maximum atomic E-state index is 12.6. The van der Waals surface area contributed by atoms with Crippen molar-refractivity contribution in [1.29, 1.82) is 0 Å². The van der Waals surface area contributed by atoms with Crippen molar-refractivity contribution in [3.05, 3.63) is 110 Å². The highest BCUT2D eigenvalue weighted by molar-refractivity contribution is 14.1. The first-order chi connectivity index (χ1) is 17.0. The molecule has 0 bridgehead atoms. The van der Waals surface area contributed by atoms with Gasteiger partial charge in [0.15, 0.2) is 17.2 Å². The molecule has 0 aliphatic carbocycles. The van der Waals surface area contributed by atoms with Crippen molar-refractivity contribution >= 4 is 51.3 Å². The maximum Gasteiger partial charge on any atom is 0.363 e. The lowest BCUT2D eigenvalue weighted by Crippen LogP contribution is -2.05. The van der Waals surface area contributed by atoms with E-state index in [-0.39, 0.29) is 5.70 Å². The van der Waals surface area contributed by atoms with Crippen LogP contribution in [0.2, 0.25) is 0 Å². The topological polar surface area (TPSA) is 57.1 Å². The molecule has 4 aromatic rings. The molecule has 0 amide bonds. The van der Waals surface area contributed by atoms with Gasteiger partial charge in [0.1, 0.15) is 6.61 Å². The molecule has 1 aliphatic heterocycles. The number of methoxy groups -OCH3 is 1. The Balaban J connectivity index is 1.42. The average molecular weight is 575 g/mol. The maximum absolute atomic E-state index is 12.6. The summed E-state index contributed by atoms with van der Waals surface area (Å²) in [6.07, 6.45) is 1.70. The number of rotatable bonds is 6. The molecule has 0 fully saturated rings. The molecule has 0 saturated heterocycles. The van der Waals surface area contributed by atoms with E-state index in [4.69, 9.17) is 14.2 Å². The van der Waals surface area contributed by atoms with E-state index >= 15 is 0 Å². The van der Waals surface area contributed by atoms with Crippen LogP contribution in [0, 0.1) is 10.5 Å². The van der Waals surface area contributed by atoms with E-state index in [2.05, 4.69) is 40.6 Å². The second-order valence-electron chi connectivity index (χ2n) is 8.15. The zero-order valence-corrected chi connectivity index (χ0v) is 21.4. The van der Waals surface area contributed by atoms with Gasteiger partial charge in [0.05, 0.1) is 10.7 Å². The number of aliphatic imine (C=N–C) groups is 1. The van der Waals surface area contributed by atoms with Crippen LogP contribution in [0.1, 0.15) is 22.3 Å². The highest BCUT2D eigenvalue weighted by Crippen LogP contribution is 2.36. The number of carbonyl (C=O) groups is 1. The number of esters is 1. The largest absolute Gasteiger partial charge is 0.493 e. The minimum atomic E-state index is -0.484. The quantitative estimate of drug-likeness (QED) is 0.146. The molecule has 0 atom stereocenters. The third-order valence-electron chi connectivity index (χ3n) is 5.81. The fourth-order valence-corrected chi connectivity index (χ4v) is 4.68. The lowest BCUT2D eigenvalue weighted by atomic mass is 10.1. The van der Waals surface area contributed by atoms with E-state index in [0.717, 1.165) is 31.0 Å². The van der Waals surface area contributed by atoms with Crippen LogP contribution in [-0.2, 0) is 16.1 Å². The van der Waals surface area contributed by atoms with Gasteiger partial charge in [0.2, 0.25) is 5.90 Å². The second-order valence-corrected chi connectivity index (χ2v) is 9.31. The number of hydrogen-bond donors (Lipinski definition) is 0. The van der Waals surface area contributed by atoms with Gasteiger partial charge in [-0.15, -0.1) is 0 Å². The van der Waals surface area contributed by atoms with Gasteiger partial charge < -0.3 is 14.2 Å². The Morgan fingerprint density at radius 2 is 1.74 bits per heavy atom. The lowest BCUT2D eigenvalue weighted by Gasteiger charge is -2.14. The zero-order valence-electron chi connectivity index (χ0n) is 19.2. The van der Waals surface area contributed by atoms with Crippen molar-refractivity contribution in [1.82, 2.24) is 0 Å². The number of carbonyl (C=O) groups excluding carboxylic acids is 1. The zero-order chi connectivity index (χ0) is 24.4. The Hall–Kier alpha value is -3.65. The van der Waals surface area contributed by atoms with Gasteiger partial charge in [0.25, 0.3) is 0 Å². The fraction of sp³-hybridized carbons (Fsp3) is 0.103. The smallest absolute Gasteiger partial charge is 0.363 e. The minimum absolute atomic E-state index is 0.236. The summed E-state index contributed by atoms with van der Waals surface area (Å²) in [6, 6.07) is 25.8. The van der Waals surface area contributed by atoms with E-state index in [1.165, 1.54) is 5.56 Å². The molecule has 0 aromatic heterocycles. The van der Waals surface area contributed by atoms with Crippen LogP contribution in [0.25, 0.3) is 16.8 Å². The van der Waals surface area contributed by atoms with Crippen LogP contribution in [-0.4, -0.2) is 19.0 Å². The van der Waals surface area contributed by atoms with Gasteiger partial charge in [-0.2, -0.15) is 0 Å². The first kappa shape index (κ1) is 23.1. The van der Waals surface area contributed by atoms with Crippen molar-refractivity contribution in [3.63, 3.8) is 0 Å². The number of fused-ring (bicyclic) bond motifs is 1. The Morgan fingerprint density at radius 1 is 0.971 bits per heavy atom. The van der Waals surface area contributed by atoms with Crippen LogP contribution in [0.15, 0.2) is 89.6 Å². The van der Waals surface area contributed by atoms with Gasteiger partial charge in [-0.1, -0.05) is 54.6 Å². The Kier molecular flexibility index (Phi) is 6.55. The number of halogens is 1. The van der Waals surface area contributed by atoms with E-state index in [1.54, 1.807) is 13.2 Å². The molecule has 1 aliphatic rings. The molecule has 0 unspecified atom stereocenters. The Morgan fingerprint density at radius 3 is 2.54 bits per heavy atom. The molecule has 4 aromatic carbocycles. The summed E-state index contributed by atoms with van der Waals surface area (Å²) in [7, 11) is 1.60. The molecule has 0 saturated carbocycles. The Labute approximate surface area is 217 Å². The molecule has 5 nitrogen and oxygen atoms in total. The van der Waals surface area contributed by atoms with E-state index < -0.39 is 5.97 Å². The highest BCUT2D eigenvalue weighted by atomic mass is 127. The van der Waals surface area contributed by atoms with Crippen molar-refractivity contribution in [2.24, 2.45) is 4.99 Å². The highest BCUT2D eigenvalue weighted by Gasteiger charge is 2.25. The number of nitrogens with zero attached hydrogens (tertiary/aromatic N) is 1. The van der Waals surface area contributed by atoms with E-state index in [9.17, 15) is 4.79 Å². The normalized spacial score (nSPS) is 14.2. The third kappa shape index (κ3) is 4.93. The first-order valence-corrected chi connectivity index (χ1v) is 12.2. The monoisotopic (exact) mass is 575 g/mol. The van der Waals surface area contributed by atoms with Crippen molar-refractivity contribution < 1.29 is 19.0 Å². The van der Waals surface area contributed by atoms with Crippen molar-refractivity contribution in [3.8, 4) is 11.5 Å². The number of aryl methyl sites for hydroxylation is 1. The molecule has 35 heavy (non-hydrogen) atoms. The number of ether oxygens (including phenoxy) is 3. The number of benzene rings is 4. The SMILES string of the molecule is COc1cc(/C=C2\N=C(c3ccc4ccccc4c3)OC2=O)cc(I)c1OCc1ccccc1C. The Bertz CT molecular complexity index is 1510. The molecule has 1 heterocycles. The summed E-state index contributed by atoms with van der Waals surface area (Å²) in [4.78, 5) is 17.0. The van der Waals surface area contributed by atoms with Crippen LogP contribution in [0.3, 0.4) is 0 Å². The molecule has 5 rings (SSSR count). The molecule has 0 radical (unpaired) electrons. The summed E-state index contributed by atoms with van der Waals surface area (Å²) in [6.45, 7) is 2.49. The van der Waals surface area contributed by atoms with Crippen LogP contribution >= 0.6 is 22.6 Å². The molecular weight excluding hydrogens is 553 g/mol. The summed E-state index contributed by atoms with van der Waals surface area (Å²) >= 11 is 2.21. The average Bonchev–Trinajstić information content (AvgIpc) is 3.23. The summed E-state index contributed by atoms with van der Waals surface area (Å²) in [5.41, 5.74) is 4.04. The molecule has 0 N–H and O–H groups in total. The van der Waals surface area contributed by atoms with E-state index in [1.807, 2.05) is 72.8 Å². The van der Waals surface area contributed by atoms with Crippen molar-refractivity contribution in [2.45, 2.75) is 13.5 Å². The van der Waals surface area contributed by atoms with Gasteiger partial charge in [-0.25, -0.2) is 9.79 Å². The van der Waals surface area contributed by atoms with Crippen LogP contribution < -0.4 is 9.47 Å². The minimum Gasteiger partial charge on any atom is -0.493 e. The van der Waals surface area contributed by atoms with Gasteiger partial charge in [-0.05, 0) is 87.3 Å². The summed E-state index contributed by atoms with van der Waals surface area (Å²) in [5, 5.41) is 2.17. The predicted octanol–water partition coefficient (Wildman–Crippen LogP) is 6.68. The second kappa shape index (κ2) is 9.92. The lowest BCUT2D eigenvalue weighted by molar-refractivity contribution is -0.129. The van der Waals surface area contributed by atoms with Crippen molar-refractivity contribution in [2.75, 3.05) is 7.11 Å². The first-order valence-electron chi connectivity index (χ1n) is 11.1. The number of cyclic esters (lactones) is 1. The van der Waals surface area contributed by atoms with Gasteiger partial charge in [-0.3, -0.25) is 0 Å². The van der Waals surface area contributed by atoms with E-state index in [0.29, 0.717) is 24.0 Å². The fourth-order valence-electron chi connectivity index (χ4n) is 3.90.